The van der Waals surface area contributed by atoms with Crippen LogP contribution in [0.15, 0.2) is 42.5 Å². The third-order valence-corrected chi connectivity index (χ3v) is 6.36. The molecule has 182 valence electrons. The summed E-state index contributed by atoms with van der Waals surface area (Å²) in [5.74, 6) is -3.04. The van der Waals surface area contributed by atoms with E-state index in [1.165, 1.54) is 0 Å². The Kier molecular flexibility index (Phi) is 6.49. The summed E-state index contributed by atoms with van der Waals surface area (Å²) in [5.41, 5.74) is 0.146. The van der Waals surface area contributed by atoms with Crippen molar-refractivity contribution < 1.29 is 33.5 Å². The first kappa shape index (κ1) is 23.9. The van der Waals surface area contributed by atoms with Gasteiger partial charge in [0.05, 0.1) is 23.5 Å². The number of hydrogen-bond acceptors (Lipinski definition) is 7. The van der Waals surface area contributed by atoms with Gasteiger partial charge in [0.15, 0.2) is 6.04 Å². The van der Waals surface area contributed by atoms with Gasteiger partial charge in [-0.3, -0.25) is 9.59 Å². The van der Waals surface area contributed by atoms with E-state index >= 15 is 0 Å². The Labute approximate surface area is 198 Å². The number of ether oxygens (including phenoxy) is 2. The highest BCUT2D eigenvalue weighted by Gasteiger charge is 2.61. The zero-order valence-electron chi connectivity index (χ0n) is 19.7. The highest BCUT2D eigenvalue weighted by Crippen LogP contribution is 2.52. The molecular formula is C25H30N2O7. The van der Waals surface area contributed by atoms with Gasteiger partial charge >= 0.3 is 12.1 Å². The van der Waals surface area contributed by atoms with Crippen molar-refractivity contribution in [3.63, 3.8) is 0 Å². The molecule has 4 rings (SSSR count). The second-order valence-electron chi connectivity index (χ2n) is 10.0. The number of rotatable bonds is 7. The SMILES string of the molecule is CC(OC(C)(C)C)C(NC(=O)OCc1ccccc1)C(=O)ON1C(=O)C2C3C=CC(C3)C2C1=O. The zero-order valence-corrected chi connectivity index (χ0v) is 19.7. The van der Waals surface area contributed by atoms with Gasteiger partial charge in [-0.05, 0) is 51.5 Å². The molecule has 1 aliphatic heterocycles. The number of carbonyl (C=O) groups is 4. The average molecular weight is 471 g/mol. The fourth-order valence-corrected chi connectivity index (χ4v) is 5.00. The molecule has 3 amide bonds. The molecule has 1 saturated heterocycles. The Morgan fingerprint density at radius 3 is 2.21 bits per heavy atom. The Bertz CT molecular complexity index is 970. The van der Waals surface area contributed by atoms with Crippen LogP contribution in [0, 0.1) is 23.7 Å². The second kappa shape index (κ2) is 9.21. The minimum absolute atomic E-state index is 0.00514. The summed E-state index contributed by atoms with van der Waals surface area (Å²) in [6.45, 7) is 7.01. The van der Waals surface area contributed by atoms with Crippen LogP contribution in [-0.2, 0) is 35.3 Å². The number of alkyl carbamates (subject to hydrolysis) is 1. The van der Waals surface area contributed by atoms with Gasteiger partial charge in [0.1, 0.15) is 6.61 Å². The summed E-state index contributed by atoms with van der Waals surface area (Å²) in [4.78, 5) is 56.6. The predicted octanol–water partition coefficient (Wildman–Crippen LogP) is 2.75. The summed E-state index contributed by atoms with van der Waals surface area (Å²) in [7, 11) is 0. The number of allylic oxidation sites excluding steroid dienone is 2. The largest absolute Gasteiger partial charge is 0.445 e. The molecule has 6 atom stereocenters. The number of amides is 3. The molecule has 2 aliphatic carbocycles. The maximum Gasteiger partial charge on any atom is 0.408 e. The Morgan fingerprint density at radius 1 is 1.06 bits per heavy atom. The standard InChI is InChI=1S/C25H30N2O7/c1-14(33-25(2,3)4)20(26-24(31)32-13-15-8-6-5-7-9-15)23(30)34-27-21(28)18-16-10-11-17(12-16)19(18)22(27)29/h5-11,14,16-20H,12-13H2,1-4H3,(H,26,31). The Hall–Kier alpha value is -3.20. The highest BCUT2D eigenvalue weighted by molar-refractivity contribution is 6.06. The van der Waals surface area contributed by atoms with Crippen LogP contribution in [0.3, 0.4) is 0 Å². The van der Waals surface area contributed by atoms with Gasteiger partial charge in [-0.25, -0.2) is 9.59 Å². The third kappa shape index (κ3) is 4.84. The van der Waals surface area contributed by atoms with Crippen LogP contribution in [-0.4, -0.2) is 46.7 Å². The lowest BCUT2D eigenvalue weighted by atomic mass is 9.85. The third-order valence-electron chi connectivity index (χ3n) is 6.36. The molecule has 3 aliphatic rings. The van der Waals surface area contributed by atoms with Gasteiger partial charge in [-0.2, -0.15) is 0 Å². The smallest absolute Gasteiger partial charge is 0.408 e. The van der Waals surface area contributed by atoms with Crippen LogP contribution in [0.4, 0.5) is 4.79 Å². The first-order valence-electron chi connectivity index (χ1n) is 11.5. The van der Waals surface area contributed by atoms with Crippen molar-refractivity contribution in [1.29, 1.82) is 0 Å². The second-order valence-corrected chi connectivity index (χ2v) is 10.0. The summed E-state index contributed by atoms with van der Waals surface area (Å²) in [5, 5.41) is 3.04. The molecular weight excluding hydrogens is 440 g/mol. The maximum atomic E-state index is 13.1. The van der Waals surface area contributed by atoms with Gasteiger partial charge in [0, 0.05) is 0 Å². The van der Waals surface area contributed by atoms with Crippen LogP contribution in [0.25, 0.3) is 0 Å². The van der Waals surface area contributed by atoms with E-state index in [0.717, 1.165) is 12.0 Å². The lowest BCUT2D eigenvalue weighted by Gasteiger charge is -2.30. The zero-order chi connectivity index (χ0) is 24.6. The lowest BCUT2D eigenvalue weighted by molar-refractivity contribution is -0.204. The Morgan fingerprint density at radius 2 is 1.65 bits per heavy atom. The van der Waals surface area contributed by atoms with Crippen molar-refractivity contribution in [3.05, 3.63) is 48.0 Å². The summed E-state index contributed by atoms with van der Waals surface area (Å²) < 4.78 is 11.1. The Balaban J connectivity index is 1.44. The van der Waals surface area contributed by atoms with Crippen molar-refractivity contribution in [3.8, 4) is 0 Å². The summed E-state index contributed by atoms with van der Waals surface area (Å²) in [6, 6.07) is 7.77. The topological polar surface area (TPSA) is 111 Å². The number of carbonyl (C=O) groups excluding carboxylic acids is 4. The molecule has 1 aromatic rings. The van der Waals surface area contributed by atoms with Crippen LogP contribution in [0.2, 0.25) is 0 Å². The summed E-state index contributed by atoms with van der Waals surface area (Å²) in [6.07, 6.45) is 2.99. The van der Waals surface area contributed by atoms with Gasteiger partial charge in [-0.1, -0.05) is 42.5 Å². The number of imide groups is 1. The van der Waals surface area contributed by atoms with Crippen molar-refractivity contribution in [2.75, 3.05) is 0 Å². The number of fused-ring (bicyclic) bond motifs is 5. The molecule has 0 radical (unpaired) electrons. The molecule has 1 saturated carbocycles. The molecule has 9 nitrogen and oxygen atoms in total. The molecule has 9 heteroatoms. The van der Waals surface area contributed by atoms with Crippen LogP contribution in [0.1, 0.15) is 39.7 Å². The van der Waals surface area contributed by atoms with Crippen LogP contribution in [0.5, 0.6) is 0 Å². The monoisotopic (exact) mass is 470 g/mol. The molecule has 1 aromatic carbocycles. The van der Waals surface area contributed by atoms with E-state index in [0.29, 0.717) is 5.06 Å². The molecule has 0 aromatic heterocycles. The van der Waals surface area contributed by atoms with E-state index in [-0.39, 0.29) is 18.4 Å². The highest BCUT2D eigenvalue weighted by atomic mass is 16.7. The lowest BCUT2D eigenvalue weighted by Crippen LogP contribution is -2.53. The number of nitrogens with zero attached hydrogens (tertiary/aromatic N) is 1. The van der Waals surface area contributed by atoms with E-state index in [1.807, 2.05) is 30.4 Å². The predicted molar refractivity (Wildman–Crippen MR) is 120 cm³/mol. The number of hydrogen-bond donors (Lipinski definition) is 1. The minimum Gasteiger partial charge on any atom is -0.445 e. The summed E-state index contributed by atoms with van der Waals surface area (Å²) >= 11 is 0. The first-order chi connectivity index (χ1) is 16.0. The molecule has 0 spiro atoms. The van der Waals surface area contributed by atoms with E-state index in [1.54, 1.807) is 39.8 Å². The van der Waals surface area contributed by atoms with Gasteiger partial charge in [0.2, 0.25) is 0 Å². The van der Waals surface area contributed by atoms with Gasteiger partial charge in [0.25, 0.3) is 11.8 Å². The fraction of sp³-hybridized carbons (Fsp3) is 0.520. The molecule has 2 bridgehead atoms. The average Bonchev–Trinajstić information content (AvgIpc) is 3.45. The van der Waals surface area contributed by atoms with Crippen molar-refractivity contribution in [2.24, 2.45) is 23.7 Å². The number of hydroxylamine groups is 2. The number of benzene rings is 1. The van der Waals surface area contributed by atoms with E-state index in [4.69, 9.17) is 14.3 Å². The fourth-order valence-electron chi connectivity index (χ4n) is 5.00. The van der Waals surface area contributed by atoms with Crippen molar-refractivity contribution >= 4 is 23.9 Å². The van der Waals surface area contributed by atoms with Crippen molar-refractivity contribution in [1.82, 2.24) is 10.4 Å². The molecule has 1 N–H and O–H groups in total. The van der Waals surface area contributed by atoms with Gasteiger partial charge < -0.3 is 19.6 Å². The molecule has 34 heavy (non-hydrogen) atoms. The van der Waals surface area contributed by atoms with E-state index in [2.05, 4.69) is 5.32 Å². The maximum absolute atomic E-state index is 13.1. The van der Waals surface area contributed by atoms with E-state index < -0.39 is 53.5 Å². The molecule has 2 fully saturated rings. The normalized spacial score (nSPS) is 26.9. The molecule has 6 unspecified atom stereocenters. The quantitative estimate of drug-likeness (QED) is 0.482. The van der Waals surface area contributed by atoms with Crippen LogP contribution >= 0.6 is 0 Å². The first-order valence-corrected chi connectivity index (χ1v) is 11.5. The number of nitrogens with one attached hydrogen (secondary N) is 1. The van der Waals surface area contributed by atoms with Crippen molar-refractivity contribution in [2.45, 2.75) is 58.5 Å². The minimum atomic E-state index is -1.31. The van der Waals surface area contributed by atoms with Crippen LogP contribution < -0.4 is 5.32 Å². The van der Waals surface area contributed by atoms with Gasteiger partial charge in [-0.15, -0.1) is 5.06 Å². The molecule has 1 heterocycles. The van der Waals surface area contributed by atoms with E-state index in [9.17, 15) is 19.2 Å².